The van der Waals surface area contributed by atoms with E-state index in [1.807, 2.05) is 63.2 Å². The molecule has 10 heteroatoms. The molecular weight excluding hydrogens is 559 g/mol. The topological polar surface area (TPSA) is 112 Å². The molecule has 5 rings (SSSR count). The molecule has 0 saturated carbocycles. The van der Waals surface area contributed by atoms with Crippen molar-refractivity contribution in [1.82, 2.24) is 14.9 Å². The first-order chi connectivity index (χ1) is 21.0. The van der Waals surface area contributed by atoms with Crippen LogP contribution in [-0.2, 0) is 37.0 Å². The van der Waals surface area contributed by atoms with Gasteiger partial charge in [0.15, 0.2) is 5.82 Å². The van der Waals surface area contributed by atoms with Gasteiger partial charge in [-0.3, -0.25) is 14.6 Å². The van der Waals surface area contributed by atoms with Gasteiger partial charge in [-0.05, 0) is 52.9 Å². The number of nitrogens with one attached hydrogen (secondary N) is 2. The number of benzene rings is 3. The SMILES string of the molecule is C=CC(=O)NCc1cccc(Nc2nc(-c3cccc(N4Cc5c(F)cc(C(C)(C)C)cc5C=N4)c3CO)cn(C)c2=O)c1. The average molecular weight is 595 g/mol. The number of rotatable bonds is 8. The third kappa shape index (κ3) is 6.30. The third-order valence-electron chi connectivity index (χ3n) is 7.52. The lowest BCUT2D eigenvalue weighted by atomic mass is 9.85. The zero-order chi connectivity index (χ0) is 31.6. The van der Waals surface area contributed by atoms with Crippen LogP contribution < -0.4 is 21.2 Å². The molecule has 9 nitrogen and oxygen atoms in total. The molecule has 3 N–H and O–H groups in total. The summed E-state index contributed by atoms with van der Waals surface area (Å²) in [6, 6.07) is 16.3. The molecule has 0 radical (unpaired) electrons. The van der Waals surface area contributed by atoms with Crippen molar-refractivity contribution in [2.24, 2.45) is 12.1 Å². The van der Waals surface area contributed by atoms with E-state index in [2.05, 4.69) is 27.3 Å². The Balaban J connectivity index is 1.47. The first kappa shape index (κ1) is 30.4. The van der Waals surface area contributed by atoms with Gasteiger partial charge in [0.2, 0.25) is 5.91 Å². The first-order valence-electron chi connectivity index (χ1n) is 14.2. The number of aromatic nitrogens is 2. The van der Waals surface area contributed by atoms with Gasteiger partial charge in [0.1, 0.15) is 5.82 Å². The average Bonchev–Trinajstić information content (AvgIpc) is 3.01. The Morgan fingerprint density at radius 3 is 2.66 bits per heavy atom. The Kier molecular flexibility index (Phi) is 8.46. The van der Waals surface area contributed by atoms with Crippen LogP contribution in [0.25, 0.3) is 11.3 Å². The van der Waals surface area contributed by atoms with E-state index < -0.39 is 0 Å². The van der Waals surface area contributed by atoms with Crippen LogP contribution >= 0.6 is 0 Å². The van der Waals surface area contributed by atoms with Crippen molar-refractivity contribution in [2.45, 2.75) is 45.9 Å². The predicted molar refractivity (Wildman–Crippen MR) is 171 cm³/mol. The van der Waals surface area contributed by atoms with Crippen molar-refractivity contribution in [3.63, 3.8) is 0 Å². The fourth-order valence-corrected chi connectivity index (χ4v) is 5.04. The molecule has 1 aliphatic rings. The molecule has 3 aromatic carbocycles. The maximum absolute atomic E-state index is 15.3. The summed E-state index contributed by atoms with van der Waals surface area (Å²) in [5, 5.41) is 22.6. The number of carbonyl (C=O) groups excluding carboxylic acids is 1. The summed E-state index contributed by atoms with van der Waals surface area (Å²) in [6.45, 7) is 9.72. The number of anilines is 3. The van der Waals surface area contributed by atoms with Gasteiger partial charge in [-0.25, -0.2) is 9.37 Å². The van der Waals surface area contributed by atoms with Crippen LogP contribution in [0, 0.1) is 5.82 Å². The van der Waals surface area contributed by atoms with Crippen molar-refractivity contribution < 1.29 is 14.3 Å². The number of halogens is 1. The lowest BCUT2D eigenvalue weighted by Crippen LogP contribution is -2.25. The largest absolute Gasteiger partial charge is 0.392 e. The van der Waals surface area contributed by atoms with Crippen LogP contribution in [-0.4, -0.2) is 26.8 Å². The zero-order valence-electron chi connectivity index (χ0n) is 25.2. The van der Waals surface area contributed by atoms with E-state index in [9.17, 15) is 14.7 Å². The summed E-state index contributed by atoms with van der Waals surface area (Å²) >= 11 is 0. The molecular formula is C34H35FN6O3. The first-order valence-corrected chi connectivity index (χ1v) is 14.2. The zero-order valence-corrected chi connectivity index (χ0v) is 25.2. The Morgan fingerprint density at radius 1 is 1.16 bits per heavy atom. The Bertz CT molecular complexity index is 1840. The summed E-state index contributed by atoms with van der Waals surface area (Å²) in [4.78, 5) is 29.3. The van der Waals surface area contributed by atoms with Crippen LogP contribution in [0.2, 0.25) is 0 Å². The van der Waals surface area contributed by atoms with Crippen LogP contribution in [0.5, 0.6) is 0 Å². The standard InChI is InChI=1S/C34H35FN6O3/c1-6-31(43)36-16-21-9-7-10-24(13-21)38-32-33(44)40(5)19-29(39-32)25-11-8-12-30(27(25)20-42)41-18-26-22(17-37-41)14-23(15-28(26)35)34(2,3)4/h6-15,17,19,42H,1,16,18,20H2,2-5H3,(H,36,43)(H,38,39). The Hall–Kier alpha value is -5.09. The number of hydrazone groups is 1. The monoisotopic (exact) mass is 594 g/mol. The molecule has 1 aromatic heterocycles. The second-order valence-electron chi connectivity index (χ2n) is 11.7. The minimum atomic E-state index is -0.344. The molecule has 1 amide bonds. The van der Waals surface area contributed by atoms with E-state index in [4.69, 9.17) is 0 Å². The molecule has 0 aliphatic carbocycles. The number of aliphatic hydroxyl groups excluding tert-OH is 1. The molecule has 0 atom stereocenters. The van der Waals surface area contributed by atoms with Gasteiger partial charge in [-0.15, -0.1) is 0 Å². The van der Waals surface area contributed by atoms with Gasteiger partial charge >= 0.3 is 0 Å². The Morgan fingerprint density at radius 2 is 1.93 bits per heavy atom. The fraction of sp³-hybridized carbons (Fsp3) is 0.235. The normalized spacial score (nSPS) is 12.5. The summed E-state index contributed by atoms with van der Waals surface area (Å²) in [6.07, 6.45) is 4.46. The molecule has 0 fully saturated rings. The van der Waals surface area contributed by atoms with Crippen molar-refractivity contribution in [3.05, 3.63) is 117 Å². The quantitative estimate of drug-likeness (QED) is 0.240. The minimum Gasteiger partial charge on any atom is -0.392 e. The maximum atomic E-state index is 15.3. The third-order valence-corrected chi connectivity index (χ3v) is 7.52. The molecule has 44 heavy (non-hydrogen) atoms. The van der Waals surface area contributed by atoms with E-state index in [-0.39, 0.29) is 41.7 Å². The van der Waals surface area contributed by atoms with Crippen molar-refractivity contribution in [2.75, 3.05) is 10.3 Å². The van der Waals surface area contributed by atoms with Gasteiger partial charge in [0.25, 0.3) is 5.56 Å². The number of amides is 1. The van der Waals surface area contributed by atoms with Crippen LogP contribution in [0.15, 0.2) is 83.3 Å². The molecule has 0 unspecified atom stereocenters. The number of carbonyl (C=O) groups is 1. The van der Waals surface area contributed by atoms with Gasteiger partial charge in [-0.1, -0.05) is 51.6 Å². The molecule has 2 heterocycles. The van der Waals surface area contributed by atoms with Crippen LogP contribution in [0.4, 0.5) is 21.6 Å². The number of hydrogen-bond acceptors (Lipinski definition) is 7. The minimum absolute atomic E-state index is 0.0909. The summed E-state index contributed by atoms with van der Waals surface area (Å²) in [5.74, 6) is -0.492. The highest BCUT2D eigenvalue weighted by Gasteiger charge is 2.24. The van der Waals surface area contributed by atoms with Gasteiger partial charge in [0, 0.05) is 47.7 Å². The summed E-state index contributed by atoms with van der Waals surface area (Å²) in [5.41, 5.74) is 5.24. The van der Waals surface area contributed by atoms with E-state index in [0.29, 0.717) is 40.3 Å². The van der Waals surface area contributed by atoms with Gasteiger partial charge < -0.3 is 20.3 Å². The second kappa shape index (κ2) is 12.3. The van der Waals surface area contributed by atoms with Crippen molar-refractivity contribution in [3.8, 4) is 11.3 Å². The van der Waals surface area contributed by atoms with E-state index >= 15 is 4.39 Å². The van der Waals surface area contributed by atoms with Crippen molar-refractivity contribution in [1.29, 1.82) is 0 Å². The summed E-state index contributed by atoms with van der Waals surface area (Å²) in [7, 11) is 1.63. The van der Waals surface area contributed by atoms with Crippen LogP contribution in [0.1, 0.15) is 48.6 Å². The Labute approximate surface area is 255 Å². The highest BCUT2D eigenvalue weighted by atomic mass is 19.1. The van der Waals surface area contributed by atoms with E-state index in [1.165, 1.54) is 10.6 Å². The maximum Gasteiger partial charge on any atom is 0.293 e. The smallest absolute Gasteiger partial charge is 0.293 e. The molecule has 226 valence electrons. The number of aliphatic hydroxyl groups is 1. The molecule has 0 spiro atoms. The second-order valence-corrected chi connectivity index (χ2v) is 11.7. The lowest BCUT2D eigenvalue weighted by Gasteiger charge is -2.28. The van der Waals surface area contributed by atoms with Crippen LogP contribution in [0.3, 0.4) is 0 Å². The molecule has 1 aliphatic heterocycles. The number of nitrogens with zero attached hydrogens (tertiary/aromatic N) is 4. The summed E-state index contributed by atoms with van der Waals surface area (Å²) < 4.78 is 16.7. The van der Waals surface area contributed by atoms with E-state index in [0.717, 1.165) is 16.7 Å². The predicted octanol–water partition coefficient (Wildman–Crippen LogP) is 5.28. The van der Waals surface area contributed by atoms with Gasteiger partial charge in [0.05, 0.1) is 30.7 Å². The lowest BCUT2D eigenvalue weighted by molar-refractivity contribution is -0.116. The number of aryl methyl sites for hydroxylation is 1. The fourth-order valence-electron chi connectivity index (χ4n) is 5.04. The van der Waals surface area contributed by atoms with Crippen molar-refractivity contribution >= 4 is 29.3 Å². The number of hydrogen-bond donors (Lipinski definition) is 3. The number of fused-ring (bicyclic) bond motifs is 1. The molecule has 0 saturated heterocycles. The molecule has 0 bridgehead atoms. The highest BCUT2D eigenvalue weighted by molar-refractivity contribution is 5.87. The van der Waals surface area contributed by atoms with Gasteiger partial charge in [-0.2, -0.15) is 5.10 Å². The molecule has 4 aromatic rings. The van der Waals surface area contributed by atoms with E-state index in [1.54, 1.807) is 36.6 Å². The highest BCUT2D eigenvalue weighted by Crippen LogP contribution is 2.35.